The molecule has 6 rings (SSSR count). The molecule has 3 aliphatic rings. The standard InChI is InChI=1S/C30H26N2O3/c31-17-19-7-1-2-8-23(19)29(33)20-15-21-13-14-22(16-20)32(21)30(34)35-18-28-26-11-5-3-9-24(26)25-10-4-6-12-27(25)28/h1-12,20-22,28H,13-16,18H2. The number of Topliss-reactive ketones (excluding diaryl/α,β-unsaturated/α-hetero) is 1. The van der Waals surface area contributed by atoms with E-state index in [1.807, 2.05) is 29.2 Å². The second-order valence-electron chi connectivity index (χ2n) is 9.79. The number of piperidine rings is 1. The molecule has 2 bridgehead atoms. The van der Waals surface area contributed by atoms with Gasteiger partial charge < -0.3 is 9.64 Å². The van der Waals surface area contributed by atoms with Crippen molar-refractivity contribution in [1.82, 2.24) is 4.90 Å². The van der Waals surface area contributed by atoms with Crippen LogP contribution in [0.3, 0.4) is 0 Å². The summed E-state index contributed by atoms with van der Waals surface area (Å²) < 4.78 is 5.94. The number of carbonyl (C=O) groups excluding carboxylic acids is 2. The summed E-state index contributed by atoms with van der Waals surface area (Å²) in [5, 5.41) is 9.40. The van der Waals surface area contributed by atoms with Gasteiger partial charge in [0.2, 0.25) is 0 Å². The minimum absolute atomic E-state index is 0.00704. The lowest BCUT2D eigenvalue weighted by Gasteiger charge is -2.37. The van der Waals surface area contributed by atoms with E-state index in [1.54, 1.807) is 24.3 Å². The summed E-state index contributed by atoms with van der Waals surface area (Å²) in [6, 6.07) is 25.8. The number of fused-ring (bicyclic) bond motifs is 5. The molecule has 2 saturated heterocycles. The van der Waals surface area contributed by atoms with Crippen LogP contribution >= 0.6 is 0 Å². The highest BCUT2D eigenvalue weighted by atomic mass is 16.6. The first kappa shape index (κ1) is 21.6. The summed E-state index contributed by atoms with van der Waals surface area (Å²) in [5.41, 5.74) is 5.73. The SMILES string of the molecule is N#Cc1ccccc1C(=O)C1CC2CCC(C1)N2C(=O)OCC1c2ccccc2-c2ccccc21. The molecule has 2 aliphatic heterocycles. The third kappa shape index (κ3) is 3.61. The Morgan fingerprint density at radius 1 is 0.857 bits per heavy atom. The van der Waals surface area contributed by atoms with Crippen molar-refractivity contribution >= 4 is 11.9 Å². The lowest BCUT2D eigenvalue weighted by Crippen LogP contribution is -2.48. The average Bonchev–Trinajstić information content (AvgIpc) is 3.37. The quantitative estimate of drug-likeness (QED) is 0.451. The average molecular weight is 463 g/mol. The van der Waals surface area contributed by atoms with E-state index in [0.29, 0.717) is 30.6 Å². The topological polar surface area (TPSA) is 70.4 Å². The molecule has 5 nitrogen and oxygen atoms in total. The maximum absolute atomic E-state index is 13.3. The van der Waals surface area contributed by atoms with Crippen molar-refractivity contribution in [2.45, 2.75) is 43.7 Å². The number of amides is 1. The summed E-state index contributed by atoms with van der Waals surface area (Å²) >= 11 is 0. The Morgan fingerprint density at radius 3 is 2.06 bits per heavy atom. The molecule has 35 heavy (non-hydrogen) atoms. The van der Waals surface area contributed by atoms with E-state index < -0.39 is 0 Å². The zero-order chi connectivity index (χ0) is 23.9. The van der Waals surface area contributed by atoms with Crippen LogP contribution in [0.15, 0.2) is 72.8 Å². The highest BCUT2D eigenvalue weighted by Gasteiger charge is 2.46. The maximum atomic E-state index is 13.3. The lowest BCUT2D eigenvalue weighted by atomic mass is 9.84. The minimum atomic E-state index is -0.275. The van der Waals surface area contributed by atoms with Crippen LogP contribution in [0.2, 0.25) is 0 Å². The fraction of sp³-hybridized carbons (Fsp3) is 0.300. The van der Waals surface area contributed by atoms with Crippen LogP contribution < -0.4 is 0 Å². The van der Waals surface area contributed by atoms with Crippen LogP contribution in [0.4, 0.5) is 4.79 Å². The van der Waals surface area contributed by atoms with E-state index >= 15 is 0 Å². The number of nitrogens with zero attached hydrogens (tertiary/aromatic N) is 2. The zero-order valence-electron chi connectivity index (χ0n) is 19.4. The highest BCUT2D eigenvalue weighted by Crippen LogP contribution is 2.45. The number of ether oxygens (including phenoxy) is 1. The molecule has 0 N–H and O–H groups in total. The van der Waals surface area contributed by atoms with Gasteiger partial charge in [0.15, 0.2) is 5.78 Å². The molecular formula is C30H26N2O3. The molecule has 2 heterocycles. The molecule has 3 aromatic rings. The van der Waals surface area contributed by atoms with Crippen LogP contribution in [0, 0.1) is 17.2 Å². The van der Waals surface area contributed by atoms with Crippen LogP contribution in [-0.2, 0) is 4.74 Å². The molecule has 0 saturated carbocycles. The smallest absolute Gasteiger partial charge is 0.410 e. The number of ketones is 1. The van der Waals surface area contributed by atoms with E-state index in [9.17, 15) is 14.9 Å². The largest absolute Gasteiger partial charge is 0.448 e. The molecule has 1 amide bonds. The molecular weight excluding hydrogens is 436 g/mol. The Hall–Kier alpha value is -3.91. The summed E-state index contributed by atoms with van der Waals surface area (Å²) in [5.74, 6) is -0.114. The van der Waals surface area contributed by atoms with E-state index in [0.717, 1.165) is 12.8 Å². The van der Waals surface area contributed by atoms with Gasteiger partial charge in [-0.05, 0) is 54.0 Å². The van der Waals surface area contributed by atoms with Crippen LogP contribution in [-0.4, -0.2) is 35.5 Å². The molecule has 0 spiro atoms. The van der Waals surface area contributed by atoms with Gasteiger partial charge in [0.1, 0.15) is 6.61 Å². The van der Waals surface area contributed by atoms with E-state index in [4.69, 9.17) is 4.74 Å². The normalized spacial score (nSPS) is 22.3. The van der Waals surface area contributed by atoms with Crippen molar-refractivity contribution < 1.29 is 14.3 Å². The molecule has 3 aromatic carbocycles. The van der Waals surface area contributed by atoms with Gasteiger partial charge in [-0.3, -0.25) is 4.79 Å². The van der Waals surface area contributed by atoms with E-state index in [-0.39, 0.29) is 35.8 Å². The minimum Gasteiger partial charge on any atom is -0.448 e. The van der Waals surface area contributed by atoms with Gasteiger partial charge in [0.05, 0.1) is 11.6 Å². The highest BCUT2D eigenvalue weighted by molar-refractivity contribution is 6.00. The fourth-order valence-corrected chi connectivity index (χ4v) is 6.37. The van der Waals surface area contributed by atoms with Crippen molar-refractivity contribution in [3.05, 3.63) is 95.1 Å². The predicted molar refractivity (Wildman–Crippen MR) is 132 cm³/mol. The van der Waals surface area contributed by atoms with Gasteiger partial charge in [0, 0.05) is 29.5 Å². The molecule has 2 fully saturated rings. The van der Waals surface area contributed by atoms with Gasteiger partial charge >= 0.3 is 6.09 Å². The monoisotopic (exact) mass is 462 g/mol. The van der Waals surface area contributed by atoms with Gasteiger partial charge in [-0.1, -0.05) is 66.7 Å². The Balaban J connectivity index is 1.15. The molecule has 5 heteroatoms. The van der Waals surface area contributed by atoms with Crippen LogP contribution in [0.1, 0.15) is 58.6 Å². The molecule has 0 aromatic heterocycles. The predicted octanol–water partition coefficient (Wildman–Crippen LogP) is 5.93. The van der Waals surface area contributed by atoms with Crippen molar-refractivity contribution in [1.29, 1.82) is 5.26 Å². The van der Waals surface area contributed by atoms with Gasteiger partial charge in [-0.2, -0.15) is 5.26 Å². The zero-order valence-corrected chi connectivity index (χ0v) is 19.4. The lowest BCUT2D eigenvalue weighted by molar-refractivity contribution is 0.0506. The van der Waals surface area contributed by atoms with Crippen molar-refractivity contribution in [2.24, 2.45) is 5.92 Å². The summed E-state index contributed by atoms with van der Waals surface area (Å²) in [7, 11) is 0. The van der Waals surface area contributed by atoms with Crippen molar-refractivity contribution in [3.63, 3.8) is 0 Å². The summed E-state index contributed by atoms with van der Waals surface area (Å²) in [6.07, 6.45) is 2.75. The first-order valence-corrected chi connectivity index (χ1v) is 12.3. The van der Waals surface area contributed by atoms with Gasteiger partial charge in [-0.15, -0.1) is 0 Å². The van der Waals surface area contributed by atoms with Gasteiger partial charge in [0.25, 0.3) is 0 Å². The molecule has 2 unspecified atom stereocenters. The van der Waals surface area contributed by atoms with E-state index in [1.165, 1.54) is 22.3 Å². The van der Waals surface area contributed by atoms with Crippen LogP contribution in [0.5, 0.6) is 0 Å². The summed E-state index contributed by atoms with van der Waals surface area (Å²) in [6.45, 7) is 0.306. The molecule has 174 valence electrons. The number of nitriles is 1. The second kappa shape index (κ2) is 8.70. The number of carbonyl (C=O) groups is 2. The van der Waals surface area contributed by atoms with Crippen molar-refractivity contribution in [2.75, 3.05) is 6.61 Å². The third-order valence-corrected chi connectivity index (χ3v) is 7.96. The Kier molecular flexibility index (Phi) is 5.37. The first-order chi connectivity index (χ1) is 17.2. The third-order valence-electron chi connectivity index (χ3n) is 7.96. The number of benzene rings is 3. The fourth-order valence-electron chi connectivity index (χ4n) is 6.37. The van der Waals surface area contributed by atoms with Gasteiger partial charge in [-0.25, -0.2) is 4.79 Å². The molecule has 2 atom stereocenters. The number of hydrogen-bond donors (Lipinski definition) is 0. The van der Waals surface area contributed by atoms with E-state index in [2.05, 4.69) is 30.3 Å². The van der Waals surface area contributed by atoms with Crippen molar-refractivity contribution in [3.8, 4) is 17.2 Å². The molecule has 0 radical (unpaired) electrons. The van der Waals surface area contributed by atoms with Crippen LogP contribution in [0.25, 0.3) is 11.1 Å². The Bertz CT molecular complexity index is 1300. The molecule has 1 aliphatic carbocycles. The summed E-state index contributed by atoms with van der Waals surface area (Å²) in [4.78, 5) is 28.4. The first-order valence-electron chi connectivity index (χ1n) is 12.3. The number of rotatable bonds is 4. The Morgan fingerprint density at radius 2 is 1.43 bits per heavy atom. The number of hydrogen-bond acceptors (Lipinski definition) is 4. The maximum Gasteiger partial charge on any atom is 0.410 e. The second-order valence-corrected chi connectivity index (χ2v) is 9.79. The Labute approximate surface area is 204 Å².